The zero-order valence-electron chi connectivity index (χ0n) is 18.9. The maximum Gasteiger partial charge on any atom is 0.222 e. The molecule has 170 valence electrons. The monoisotopic (exact) mass is 538 g/mol. The number of nitrogens with zero attached hydrogens (tertiary/aromatic N) is 4. The van der Waals surface area contributed by atoms with Crippen LogP contribution in [-0.2, 0) is 24.3 Å². The number of guanidine groups is 1. The Bertz CT molecular complexity index is 879. The molecule has 0 bridgehead atoms. The number of aromatic nitrogens is 2. The highest BCUT2D eigenvalue weighted by atomic mass is 127. The summed E-state index contributed by atoms with van der Waals surface area (Å²) in [5.74, 6) is 1.02. The van der Waals surface area contributed by atoms with Crippen molar-refractivity contribution >= 4 is 35.8 Å². The van der Waals surface area contributed by atoms with Gasteiger partial charge in [0.2, 0.25) is 5.91 Å². The molecular formula is C23H35IN6O. The van der Waals surface area contributed by atoms with Crippen LogP contribution >= 0.6 is 24.0 Å². The summed E-state index contributed by atoms with van der Waals surface area (Å²) in [5, 5.41) is 11.1. The molecule has 2 aromatic rings. The molecule has 2 N–H and O–H groups in total. The fourth-order valence-electron chi connectivity index (χ4n) is 3.87. The van der Waals surface area contributed by atoms with Gasteiger partial charge < -0.3 is 15.5 Å². The zero-order chi connectivity index (χ0) is 21.3. The van der Waals surface area contributed by atoms with E-state index in [4.69, 9.17) is 0 Å². The van der Waals surface area contributed by atoms with Crippen molar-refractivity contribution in [3.63, 3.8) is 0 Å². The van der Waals surface area contributed by atoms with Crippen LogP contribution in [0.3, 0.4) is 0 Å². The molecule has 0 radical (unpaired) electrons. The van der Waals surface area contributed by atoms with Gasteiger partial charge in [-0.3, -0.25) is 14.5 Å². The quantitative estimate of drug-likeness (QED) is 0.235. The average Bonchev–Trinajstić information content (AvgIpc) is 3.08. The van der Waals surface area contributed by atoms with E-state index < -0.39 is 0 Å². The van der Waals surface area contributed by atoms with Gasteiger partial charge in [0.25, 0.3) is 0 Å². The van der Waals surface area contributed by atoms with Crippen molar-refractivity contribution in [3.8, 4) is 0 Å². The Hall–Kier alpha value is -2.10. The Labute approximate surface area is 202 Å². The van der Waals surface area contributed by atoms with Crippen molar-refractivity contribution in [3.05, 3.63) is 52.8 Å². The lowest BCUT2D eigenvalue weighted by atomic mass is 9.99. The van der Waals surface area contributed by atoms with Gasteiger partial charge in [-0.15, -0.1) is 24.0 Å². The van der Waals surface area contributed by atoms with Gasteiger partial charge in [-0.25, -0.2) is 0 Å². The van der Waals surface area contributed by atoms with Crippen LogP contribution in [0.2, 0.25) is 0 Å². The van der Waals surface area contributed by atoms with Crippen molar-refractivity contribution in [2.75, 3.05) is 26.7 Å². The molecule has 3 rings (SSSR count). The molecule has 2 heterocycles. The van der Waals surface area contributed by atoms with Crippen molar-refractivity contribution < 1.29 is 4.79 Å². The first-order valence-corrected chi connectivity index (χ1v) is 10.9. The standard InChI is InChI=1S/C23H34N6O.HI/c1-18-16-19(2)29(27-18)14-7-13-26-23(24-3)25-12-6-10-22(30)28-15-11-20-8-4-5-9-21(20)17-28;/h4-5,8-9,16H,6-7,10-15,17H2,1-3H3,(H2,24,25,26);1H. The normalized spacial score (nSPS) is 13.4. The molecule has 0 saturated heterocycles. The van der Waals surface area contributed by atoms with Crippen LogP contribution in [0, 0.1) is 13.8 Å². The van der Waals surface area contributed by atoms with E-state index in [1.54, 1.807) is 7.05 Å². The minimum Gasteiger partial charge on any atom is -0.356 e. The Morgan fingerprint density at radius 3 is 2.52 bits per heavy atom. The molecule has 1 aliphatic rings. The molecule has 1 aromatic heterocycles. The SMILES string of the molecule is CN=C(NCCCC(=O)N1CCc2ccccc2C1)NCCCn1nc(C)cc1C.I. The number of carbonyl (C=O) groups is 1. The molecule has 31 heavy (non-hydrogen) atoms. The molecule has 0 unspecified atom stereocenters. The number of rotatable bonds is 8. The van der Waals surface area contributed by atoms with Crippen LogP contribution < -0.4 is 10.6 Å². The van der Waals surface area contributed by atoms with E-state index in [1.807, 2.05) is 22.6 Å². The Balaban J connectivity index is 0.00000341. The van der Waals surface area contributed by atoms with E-state index >= 15 is 0 Å². The molecule has 0 aliphatic carbocycles. The number of fused-ring (bicyclic) bond motifs is 1. The lowest BCUT2D eigenvalue weighted by Gasteiger charge is -2.29. The maximum absolute atomic E-state index is 12.5. The average molecular weight is 538 g/mol. The number of hydrogen-bond acceptors (Lipinski definition) is 3. The van der Waals surface area contributed by atoms with Gasteiger partial charge in [0.05, 0.1) is 5.69 Å². The Kier molecular flexibility index (Phi) is 10.3. The summed E-state index contributed by atoms with van der Waals surface area (Å²) in [6.07, 6.45) is 3.28. The molecule has 1 aliphatic heterocycles. The number of nitrogens with one attached hydrogen (secondary N) is 2. The fraction of sp³-hybridized carbons (Fsp3) is 0.522. The largest absolute Gasteiger partial charge is 0.356 e. The molecular weight excluding hydrogens is 503 g/mol. The summed E-state index contributed by atoms with van der Waals surface area (Å²) in [7, 11) is 1.77. The highest BCUT2D eigenvalue weighted by molar-refractivity contribution is 14.0. The van der Waals surface area contributed by atoms with Crippen LogP contribution in [-0.4, -0.2) is 53.2 Å². The van der Waals surface area contributed by atoms with Gasteiger partial charge in [0.1, 0.15) is 0 Å². The molecule has 0 saturated carbocycles. The topological polar surface area (TPSA) is 74.6 Å². The summed E-state index contributed by atoms with van der Waals surface area (Å²) in [6, 6.07) is 10.5. The molecule has 1 amide bonds. The first kappa shape index (κ1) is 25.2. The molecule has 0 atom stereocenters. The minimum atomic E-state index is 0. The van der Waals surface area contributed by atoms with Gasteiger partial charge in [-0.1, -0.05) is 24.3 Å². The zero-order valence-corrected chi connectivity index (χ0v) is 21.2. The van der Waals surface area contributed by atoms with Crippen LogP contribution in [0.1, 0.15) is 41.8 Å². The number of aliphatic imine (C=N–C) groups is 1. The number of carbonyl (C=O) groups excluding carboxylic acids is 1. The van der Waals surface area contributed by atoms with E-state index in [-0.39, 0.29) is 29.9 Å². The summed E-state index contributed by atoms with van der Waals surface area (Å²) < 4.78 is 2.04. The third kappa shape index (κ3) is 7.52. The smallest absolute Gasteiger partial charge is 0.222 e. The van der Waals surface area contributed by atoms with E-state index in [9.17, 15) is 4.79 Å². The number of halogens is 1. The van der Waals surface area contributed by atoms with E-state index in [1.165, 1.54) is 16.8 Å². The highest BCUT2D eigenvalue weighted by Crippen LogP contribution is 2.19. The van der Waals surface area contributed by atoms with Crippen LogP contribution in [0.15, 0.2) is 35.3 Å². The van der Waals surface area contributed by atoms with Crippen LogP contribution in [0.5, 0.6) is 0 Å². The van der Waals surface area contributed by atoms with Gasteiger partial charge in [0.15, 0.2) is 5.96 Å². The second-order valence-electron chi connectivity index (χ2n) is 7.87. The second kappa shape index (κ2) is 12.7. The van der Waals surface area contributed by atoms with Crippen molar-refractivity contribution in [1.29, 1.82) is 0 Å². The number of amides is 1. The third-order valence-electron chi connectivity index (χ3n) is 5.51. The second-order valence-corrected chi connectivity index (χ2v) is 7.87. The summed E-state index contributed by atoms with van der Waals surface area (Å²) >= 11 is 0. The lowest BCUT2D eigenvalue weighted by molar-refractivity contribution is -0.132. The summed E-state index contributed by atoms with van der Waals surface area (Å²) in [4.78, 5) is 18.8. The summed E-state index contributed by atoms with van der Waals surface area (Å²) in [6.45, 7) is 8.09. The molecule has 8 heteroatoms. The van der Waals surface area contributed by atoms with Gasteiger partial charge >= 0.3 is 0 Å². The van der Waals surface area contributed by atoms with Gasteiger partial charge in [-0.05, 0) is 50.3 Å². The van der Waals surface area contributed by atoms with Crippen molar-refractivity contribution in [2.24, 2.45) is 4.99 Å². The Morgan fingerprint density at radius 1 is 1.13 bits per heavy atom. The highest BCUT2D eigenvalue weighted by Gasteiger charge is 2.19. The Morgan fingerprint density at radius 2 is 1.84 bits per heavy atom. The van der Waals surface area contributed by atoms with E-state index in [2.05, 4.69) is 51.9 Å². The predicted octanol–water partition coefficient (Wildman–Crippen LogP) is 3.04. The van der Waals surface area contributed by atoms with Gasteiger partial charge in [-0.2, -0.15) is 5.10 Å². The number of benzene rings is 1. The molecule has 0 spiro atoms. The van der Waals surface area contributed by atoms with Crippen LogP contribution in [0.4, 0.5) is 0 Å². The third-order valence-corrected chi connectivity index (χ3v) is 5.51. The first-order valence-electron chi connectivity index (χ1n) is 10.9. The number of aryl methyl sites for hydroxylation is 3. The van der Waals surface area contributed by atoms with Crippen LogP contribution in [0.25, 0.3) is 0 Å². The number of hydrogen-bond donors (Lipinski definition) is 2. The minimum absolute atomic E-state index is 0. The fourth-order valence-corrected chi connectivity index (χ4v) is 3.87. The van der Waals surface area contributed by atoms with Crippen molar-refractivity contribution in [1.82, 2.24) is 25.3 Å². The lowest BCUT2D eigenvalue weighted by Crippen LogP contribution is -2.39. The first-order chi connectivity index (χ1) is 14.6. The molecule has 0 fully saturated rings. The van der Waals surface area contributed by atoms with Crippen molar-refractivity contribution in [2.45, 2.75) is 52.6 Å². The van der Waals surface area contributed by atoms with E-state index in [0.29, 0.717) is 6.42 Å². The van der Waals surface area contributed by atoms with Gasteiger partial charge in [0, 0.05) is 51.9 Å². The molecule has 1 aromatic carbocycles. The maximum atomic E-state index is 12.5. The predicted molar refractivity (Wildman–Crippen MR) is 136 cm³/mol. The summed E-state index contributed by atoms with van der Waals surface area (Å²) in [5.41, 5.74) is 4.90. The van der Waals surface area contributed by atoms with E-state index in [0.717, 1.165) is 63.6 Å². The molecule has 7 nitrogen and oxygen atoms in total.